The van der Waals surface area contributed by atoms with Crippen molar-refractivity contribution in [2.75, 3.05) is 0 Å². The van der Waals surface area contributed by atoms with Crippen LogP contribution in [0.15, 0.2) is 16.7 Å². The molecule has 1 aromatic heterocycles. The molecule has 0 aliphatic heterocycles. The monoisotopic (exact) mass is 231 g/mol. The zero-order valence-electron chi connectivity index (χ0n) is 8.87. The van der Waals surface area contributed by atoms with Crippen LogP contribution in [-0.2, 0) is 0 Å². The van der Waals surface area contributed by atoms with Crippen LogP contribution in [0.4, 0.5) is 0 Å². The number of rotatable bonds is 3. The molecule has 0 fully saturated rings. The molecule has 1 aromatic rings. The fourth-order valence-electron chi connectivity index (χ4n) is 0.920. The van der Waals surface area contributed by atoms with Gasteiger partial charge in [0.05, 0.1) is 23.5 Å². The number of carbonyl (C=O) groups is 1. The standard InChI is InChI=1S/C10H14ClNO3/c1-6(13)10(2,3)12-9(14)7-4-5-15-8(7)11/h4-6,13H,1-3H3,(H,12,14). The summed E-state index contributed by atoms with van der Waals surface area (Å²) in [6, 6.07) is 1.48. The second kappa shape index (κ2) is 4.24. The van der Waals surface area contributed by atoms with Crippen LogP contribution in [0.3, 0.4) is 0 Å². The van der Waals surface area contributed by atoms with E-state index in [0.717, 1.165) is 0 Å². The summed E-state index contributed by atoms with van der Waals surface area (Å²) in [7, 11) is 0. The molecule has 0 aromatic carbocycles. The number of furan rings is 1. The Balaban J connectivity index is 2.77. The lowest BCUT2D eigenvalue weighted by Gasteiger charge is -2.29. The smallest absolute Gasteiger partial charge is 0.256 e. The van der Waals surface area contributed by atoms with E-state index in [1.54, 1.807) is 20.8 Å². The van der Waals surface area contributed by atoms with Gasteiger partial charge in [0.25, 0.3) is 5.91 Å². The third-order valence-corrected chi connectivity index (χ3v) is 2.64. The molecule has 5 heteroatoms. The Labute approximate surface area is 93.2 Å². The van der Waals surface area contributed by atoms with Crippen molar-refractivity contribution in [1.29, 1.82) is 0 Å². The molecule has 0 aliphatic rings. The molecular formula is C10H14ClNO3. The minimum absolute atomic E-state index is 0.0499. The van der Waals surface area contributed by atoms with Crippen molar-refractivity contribution in [3.8, 4) is 0 Å². The maximum Gasteiger partial charge on any atom is 0.256 e. The van der Waals surface area contributed by atoms with Crippen molar-refractivity contribution in [3.63, 3.8) is 0 Å². The SMILES string of the molecule is CC(O)C(C)(C)NC(=O)c1ccoc1Cl. The molecule has 15 heavy (non-hydrogen) atoms. The number of hydrogen-bond donors (Lipinski definition) is 2. The second-order valence-electron chi connectivity index (χ2n) is 3.96. The summed E-state index contributed by atoms with van der Waals surface area (Å²) >= 11 is 5.65. The Morgan fingerprint density at radius 3 is 2.67 bits per heavy atom. The molecule has 1 unspecified atom stereocenters. The molecule has 1 heterocycles. The van der Waals surface area contributed by atoms with E-state index in [2.05, 4.69) is 5.32 Å². The van der Waals surface area contributed by atoms with Gasteiger partial charge in [-0.3, -0.25) is 4.79 Å². The highest BCUT2D eigenvalue weighted by Gasteiger charge is 2.27. The van der Waals surface area contributed by atoms with Gasteiger partial charge in [0.15, 0.2) is 0 Å². The van der Waals surface area contributed by atoms with E-state index < -0.39 is 11.6 Å². The first-order valence-corrected chi connectivity index (χ1v) is 4.96. The summed E-state index contributed by atoms with van der Waals surface area (Å²) in [5.74, 6) is -0.361. The Kier molecular flexibility index (Phi) is 3.42. The van der Waals surface area contributed by atoms with Gasteiger partial charge < -0.3 is 14.8 Å². The van der Waals surface area contributed by atoms with E-state index in [-0.39, 0.29) is 16.7 Å². The number of aliphatic hydroxyl groups is 1. The average molecular weight is 232 g/mol. The fourth-order valence-corrected chi connectivity index (χ4v) is 1.12. The summed E-state index contributed by atoms with van der Waals surface area (Å²) in [4.78, 5) is 11.7. The van der Waals surface area contributed by atoms with Gasteiger partial charge in [-0.05, 0) is 38.4 Å². The van der Waals surface area contributed by atoms with Crippen molar-refractivity contribution in [2.45, 2.75) is 32.4 Å². The molecule has 0 radical (unpaired) electrons. The number of halogens is 1. The van der Waals surface area contributed by atoms with Crippen LogP contribution >= 0.6 is 11.6 Å². The van der Waals surface area contributed by atoms with E-state index in [1.807, 2.05) is 0 Å². The van der Waals surface area contributed by atoms with Crippen LogP contribution in [0.2, 0.25) is 5.22 Å². The van der Waals surface area contributed by atoms with Crippen LogP contribution in [0.25, 0.3) is 0 Å². The first kappa shape index (κ1) is 12.1. The third kappa shape index (κ3) is 2.73. The number of hydrogen-bond acceptors (Lipinski definition) is 3. The maximum absolute atomic E-state index is 11.7. The zero-order valence-corrected chi connectivity index (χ0v) is 9.63. The number of amides is 1. The van der Waals surface area contributed by atoms with E-state index in [9.17, 15) is 9.90 Å². The van der Waals surface area contributed by atoms with E-state index in [0.29, 0.717) is 0 Å². The molecule has 1 amide bonds. The molecule has 0 saturated heterocycles. The number of carbonyl (C=O) groups excluding carboxylic acids is 1. The summed E-state index contributed by atoms with van der Waals surface area (Å²) in [5, 5.41) is 12.1. The lowest BCUT2D eigenvalue weighted by Crippen LogP contribution is -2.50. The van der Waals surface area contributed by atoms with Crippen molar-refractivity contribution in [2.24, 2.45) is 0 Å². The normalized spacial score (nSPS) is 13.7. The largest absolute Gasteiger partial charge is 0.452 e. The molecule has 1 atom stereocenters. The third-order valence-electron chi connectivity index (χ3n) is 2.34. The minimum atomic E-state index is -0.711. The van der Waals surface area contributed by atoms with Gasteiger partial charge in [0.2, 0.25) is 5.22 Å². The Morgan fingerprint density at radius 2 is 2.27 bits per heavy atom. The van der Waals surface area contributed by atoms with Crippen LogP contribution in [0, 0.1) is 0 Å². The van der Waals surface area contributed by atoms with Gasteiger partial charge in [-0.1, -0.05) is 0 Å². The zero-order chi connectivity index (χ0) is 11.6. The molecule has 0 aliphatic carbocycles. The van der Waals surface area contributed by atoms with Crippen molar-refractivity contribution in [3.05, 3.63) is 23.1 Å². The van der Waals surface area contributed by atoms with Crippen LogP contribution in [0.1, 0.15) is 31.1 Å². The second-order valence-corrected chi connectivity index (χ2v) is 4.30. The molecule has 4 nitrogen and oxygen atoms in total. The highest BCUT2D eigenvalue weighted by atomic mass is 35.5. The highest BCUT2D eigenvalue weighted by molar-refractivity contribution is 6.32. The van der Waals surface area contributed by atoms with Gasteiger partial charge in [-0.2, -0.15) is 0 Å². The molecule has 0 spiro atoms. The van der Waals surface area contributed by atoms with Crippen molar-refractivity contribution < 1.29 is 14.3 Å². The Morgan fingerprint density at radius 1 is 1.67 bits per heavy atom. The Bertz CT molecular complexity index is 357. The predicted octanol–water partition coefficient (Wildman–Crippen LogP) is 1.82. The first-order valence-electron chi connectivity index (χ1n) is 4.58. The molecule has 1 rings (SSSR count). The molecule has 2 N–H and O–H groups in total. The van der Waals surface area contributed by atoms with E-state index >= 15 is 0 Å². The van der Waals surface area contributed by atoms with Crippen molar-refractivity contribution >= 4 is 17.5 Å². The summed E-state index contributed by atoms with van der Waals surface area (Å²) in [5.41, 5.74) is -0.442. The van der Waals surface area contributed by atoms with Crippen LogP contribution < -0.4 is 5.32 Å². The van der Waals surface area contributed by atoms with Gasteiger partial charge >= 0.3 is 0 Å². The highest BCUT2D eigenvalue weighted by Crippen LogP contribution is 2.18. The molecule has 0 bridgehead atoms. The quantitative estimate of drug-likeness (QED) is 0.834. The van der Waals surface area contributed by atoms with Gasteiger partial charge in [-0.15, -0.1) is 0 Å². The van der Waals surface area contributed by atoms with E-state index in [1.165, 1.54) is 12.3 Å². The number of aliphatic hydroxyl groups excluding tert-OH is 1. The summed E-state index contributed by atoms with van der Waals surface area (Å²) in [6.45, 7) is 5.06. The summed E-state index contributed by atoms with van der Waals surface area (Å²) < 4.78 is 4.80. The van der Waals surface area contributed by atoms with Crippen LogP contribution in [-0.4, -0.2) is 22.7 Å². The molecular weight excluding hydrogens is 218 g/mol. The van der Waals surface area contributed by atoms with Crippen molar-refractivity contribution in [1.82, 2.24) is 5.32 Å². The summed E-state index contributed by atoms with van der Waals surface area (Å²) in [6.07, 6.45) is 0.680. The predicted molar refractivity (Wildman–Crippen MR) is 56.9 cm³/mol. The van der Waals surface area contributed by atoms with Gasteiger partial charge in [0, 0.05) is 0 Å². The van der Waals surface area contributed by atoms with Gasteiger partial charge in [-0.25, -0.2) is 0 Å². The number of nitrogens with one attached hydrogen (secondary N) is 1. The fraction of sp³-hybridized carbons (Fsp3) is 0.500. The van der Waals surface area contributed by atoms with Crippen LogP contribution in [0.5, 0.6) is 0 Å². The average Bonchev–Trinajstić information content (AvgIpc) is 2.50. The topological polar surface area (TPSA) is 62.5 Å². The molecule has 0 saturated carbocycles. The molecule has 84 valence electrons. The van der Waals surface area contributed by atoms with E-state index in [4.69, 9.17) is 16.0 Å². The lowest BCUT2D eigenvalue weighted by molar-refractivity contribution is 0.0709. The first-order chi connectivity index (χ1) is 6.84. The Hall–Kier alpha value is -1.00. The minimum Gasteiger partial charge on any atom is -0.452 e. The van der Waals surface area contributed by atoms with Gasteiger partial charge in [0.1, 0.15) is 0 Å². The maximum atomic E-state index is 11.7. The lowest BCUT2D eigenvalue weighted by atomic mass is 9.98.